The van der Waals surface area contributed by atoms with Crippen molar-refractivity contribution in [3.63, 3.8) is 0 Å². The van der Waals surface area contributed by atoms with Gasteiger partial charge in [0.2, 0.25) is 0 Å². The maximum absolute atomic E-state index is 11.7. The maximum atomic E-state index is 11.7. The Kier molecular flexibility index (Phi) is 2.18. The molecule has 2 heteroatoms. The van der Waals surface area contributed by atoms with Crippen molar-refractivity contribution in [3.8, 4) is 0 Å². The van der Waals surface area contributed by atoms with Crippen LogP contribution in [0.3, 0.4) is 0 Å². The number of carbonyl (C=O) groups excluding carboxylic acids is 1. The second-order valence-corrected chi connectivity index (χ2v) is 4.91. The van der Waals surface area contributed by atoms with Crippen molar-refractivity contribution < 1.29 is 9.90 Å². The Bertz CT molecular complexity index is 220. The summed E-state index contributed by atoms with van der Waals surface area (Å²) in [6.07, 6.45) is 5.52. The summed E-state index contributed by atoms with van der Waals surface area (Å²) in [5.74, 6) is 0.260. The van der Waals surface area contributed by atoms with Crippen LogP contribution in [0.4, 0.5) is 0 Å². The molecule has 0 radical (unpaired) electrons. The number of Topliss-reactive ketones (excluding diaryl/α,β-unsaturated/α-hetero) is 1. The average molecular weight is 182 g/mol. The fraction of sp³-hybridized carbons (Fsp3) is 0.909. The molecule has 0 aromatic rings. The van der Waals surface area contributed by atoms with Gasteiger partial charge in [0.1, 0.15) is 5.78 Å². The maximum Gasteiger partial charge on any atom is 0.139 e. The summed E-state index contributed by atoms with van der Waals surface area (Å²) in [6.45, 7) is 2.18. The Morgan fingerprint density at radius 3 is 2.77 bits per heavy atom. The van der Waals surface area contributed by atoms with Crippen LogP contribution < -0.4 is 0 Å². The third-order valence-corrected chi connectivity index (χ3v) is 3.90. The first-order chi connectivity index (χ1) is 6.13. The molecule has 74 valence electrons. The molecule has 0 saturated heterocycles. The van der Waals surface area contributed by atoms with E-state index in [1.807, 2.05) is 0 Å². The van der Waals surface area contributed by atoms with E-state index in [1.165, 1.54) is 0 Å². The summed E-state index contributed by atoms with van der Waals surface area (Å²) < 4.78 is 0. The van der Waals surface area contributed by atoms with E-state index < -0.39 is 0 Å². The van der Waals surface area contributed by atoms with Crippen LogP contribution in [0, 0.1) is 11.3 Å². The highest BCUT2D eigenvalue weighted by Crippen LogP contribution is 2.48. The van der Waals surface area contributed by atoms with Crippen LogP contribution in [-0.4, -0.2) is 17.0 Å². The Balaban J connectivity index is 2.24. The van der Waals surface area contributed by atoms with E-state index in [0.29, 0.717) is 12.2 Å². The summed E-state index contributed by atoms with van der Waals surface area (Å²) in [4.78, 5) is 11.7. The minimum absolute atomic E-state index is 0.0463. The van der Waals surface area contributed by atoms with E-state index in [1.54, 1.807) is 0 Å². The minimum Gasteiger partial charge on any atom is -0.392 e. The molecule has 2 saturated carbocycles. The van der Waals surface area contributed by atoms with Crippen molar-refractivity contribution in [1.82, 2.24) is 0 Å². The van der Waals surface area contributed by atoms with E-state index in [0.717, 1.165) is 32.1 Å². The van der Waals surface area contributed by atoms with E-state index in [9.17, 15) is 9.90 Å². The first kappa shape index (κ1) is 9.20. The fourth-order valence-corrected chi connectivity index (χ4v) is 3.21. The molecule has 0 aromatic carbocycles. The molecule has 2 rings (SSSR count). The van der Waals surface area contributed by atoms with E-state index >= 15 is 0 Å². The van der Waals surface area contributed by atoms with Crippen LogP contribution in [0.2, 0.25) is 0 Å². The zero-order chi connectivity index (χ0) is 9.47. The Hall–Kier alpha value is -0.370. The molecule has 2 aliphatic rings. The zero-order valence-electron chi connectivity index (χ0n) is 8.25. The molecule has 2 fully saturated rings. The van der Waals surface area contributed by atoms with Crippen molar-refractivity contribution in [2.45, 2.75) is 51.6 Å². The lowest BCUT2D eigenvalue weighted by atomic mass is 9.59. The van der Waals surface area contributed by atoms with Gasteiger partial charge in [0.15, 0.2) is 0 Å². The van der Waals surface area contributed by atoms with Gasteiger partial charge in [0.05, 0.1) is 6.10 Å². The molecule has 3 unspecified atom stereocenters. The predicted molar refractivity (Wildman–Crippen MR) is 50.3 cm³/mol. The summed E-state index contributed by atoms with van der Waals surface area (Å²) in [5, 5.41) is 9.82. The molecule has 0 aromatic heterocycles. The average Bonchev–Trinajstić information content (AvgIpc) is 2.02. The van der Waals surface area contributed by atoms with Crippen LogP contribution in [0.25, 0.3) is 0 Å². The van der Waals surface area contributed by atoms with E-state index in [4.69, 9.17) is 0 Å². The molecule has 1 N–H and O–H groups in total. The number of carbonyl (C=O) groups is 1. The number of hydrogen-bond donors (Lipinski definition) is 1. The van der Waals surface area contributed by atoms with Gasteiger partial charge in [-0.15, -0.1) is 0 Å². The summed E-state index contributed by atoms with van der Waals surface area (Å²) in [5.41, 5.74) is 0.118. The van der Waals surface area contributed by atoms with E-state index in [-0.39, 0.29) is 17.4 Å². The highest BCUT2D eigenvalue weighted by Gasteiger charge is 2.47. The Morgan fingerprint density at radius 2 is 2.08 bits per heavy atom. The zero-order valence-corrected chi connectivity index (χ0v) is 8.25. The van der Waals surface area contributed by atoms with Crippen LogP contribution in [-0.2, 0) is 4.79 Å². The third-order valence-electron chi connectivity index (χ3n) is 3.90. The van der Waals surface area contributed by atoms with E-state index in [2.05, 4.69) is 6.92 Å². The van der Waals surface area contributed by atoms with Gasteiger partial charge in [-0.05, 0) is 31.1 Å². The second kappa shape index (κ2) is 3.09. The standard InChI is InChI=1S/C11H18O2/c1-11-6-2-4-8(12)10(11)9(13)5-3-7-11/h8,10,12H,2-7H2,1H3. The van der Waals surface area contributed by atoms with Crippen molar-refractivity contribution in [2.24, 2.45) is 11.3 Å². The van der Waals surface area contributed by atoms with Crippen molar-refractivity contribution in [2.75, 3.05) is 0 Å². The van der Waals surface area contributed by atoms with Crippen LogP contribution in [0.5, 0.6) is 0 Å². The van der Waals surface area contributed by atoms with Crippen molar-refractivity contribution in [3.05, 3.63) is 0 Å². The molecule has 2 nitrogen and oxygen atoms in total. The molecule has 0 amide bonds. The van der Waals surface area contributed by atoms with Crippen molar-refractivity contribution >= 4 is 5.78 Å². The summed E-state index contributed by atoms with van der Waals surface area (Å²) in [7, 11) is 0. The molecule has 0 bridgehead atoms. The van der Waals surface area contributed by atoms with Crippen LogP contribution in [0.1, 0.15) is 45.4 Å². The van der Waals surface area contributed by atoms with Crippen molar-refractivity contribution in [1.29, 1.82) is 0 Å². The molecular formula is C11H18O2. The molecule has 13 heavy (non-hydrogen) atoms. The van der Waals surface area contributed by atoms with Gasteiger partial charge < -0.3 is 5.11 Å². The number of rotatable bonds is 0. The number of fused-ring (bicyclic) bond motifs is 1. The lowest BCUT2D eigenvalue weighted by molar-refractivity contribution is -0.140. The van der Waals surface area contributed by atoms with Gasteiger partial charge in [0.25, 0.3) is 0 Å². The van der Waals surface area contributed by atoms with Gasteiger partial charge in [-0.25, -0.2) is 0 Å². The first-order valence-electron chi connectivity index (χ1n) is 5.34. The molecule has 0 spiro atoms. The SMILES string of the molecule is CC12CCCC(=O)C1C(O)CCC2. The highest BCUT2D eigenvalue weighted by molar-refractivity contribution is 5.83. The molecule has 0 heterocycles. The summed E-state index contributed by atoms with van der Waals surface area (Å²) in [6, 6.07) is 0. The minimum atomic E-state index is -0.355. The number of ketones is 1. The summed E-state index contributed by atoms with van der Waals surface area (Å²) >= 11 is 0. The van der Waals surface area contributed by atoms with Crippen LogP contribution in [0.15, 0.2) is 0 Å². The predicted octanol–water partition coefficient (Wildman–Crippen LogP) is 1.91. The lowest BCUT2D eigenvalue weighted by Gasteiger charge is -2.46. The fourth-order valence-electron chi connectivity index (χ4n) is 3.21. The number of aliphatic hydroxyl groups is 1. The van der Waals surface area contributed by atoms with Gasteiger partial charge in [-0.2, -0.15) is 0 Å². The molecule has 2 aliphatic carbocycles. The number of aliphatic hydroxyl groups excluding tert-OH is 1. The monoisotopic (exact) mass is 182 g/mol. The first-order valence-corrected chi connectivity index (χ1v) is 5.34. The Morgan fingerprint density at radius 1 is 1.38 bits per heavy atom. The second-order valence-electron chi connectivity index (χ2n) is 4.91. The largest absolute Gasteiger partial charge is 0.392 e. The third kappa shape index (κ3) is 1.41. The van der Waals surface area contributed by atoms with Crippen LogP contribution >= 0.6 is 0 Å². The van der Waals surface area contributed by atoms with Gasteiger partial charge in [0, 0.05) is 12.3 Å². The number of hydrogen-bond acceptors (Lipinski definition) is 2. The smallest absolute Gasteiger partial charge is 0.139 e. The van der Waals surface area contributed by atoms with Gasteiger partial charge in [-0.1, -0.05) is 13.3 Å². The molecule has 0 aliphatic heterocycles. The van der Waals surface area contributed by atoms with Gasteiger partial charge >= 0.3 is 0 Å². The normalized spacial score (nSPS) is 45.8. The quantitative estimate of drug-likeness (QED) is 0.621. The highest BCUT2D eigenvalue weighted by atomic mass is 16.3. The molecular weight excluding hydrogens is 164 g/mol. The Labute approximate surface area is 79.3 Å². The topological polar surface area (TPSA) is 37.3 Å². The van der Waals surface area contributed by atoms with Gasteiger partial charge in [-0.3, -0.25) is 4.79 Å². The lowest BCUT2D eigenvalue weighted by Crippen LogP contribution is -2.47. The molecule has 3 atom stereocenters.